The number of piperazine rings is 1. The van der Waals surface area contributed by atoms with Crippen molar-refractivity contribution in [1.82, 2.24) is 24.9 Å². The first-order chi connectivity index (χ1) is 13.4. The molecule has 2 aliphatic rings. The molecule has 0 aliphatic carbocycles. The Morgan fingerprint density at radius 3 is 2.39 bits per heavy atom. The van der Waals surface area contributed by atoms with Gasteiger partial charge < -0.3 is 14.1 Å². The quantitative estimate of drug-likeness (QED) is 0.690. The lowest BCUT2D eigenvalue weighted by Crippen LogP contribution is -2.44. The normalized spacial score (nSPS) is 20.9. The molecule has 156 valence electrons. The van der Waals surface area contributed by atoms with Crippen LogP contribution in [0.1, 0.15) is 24.6 Å². The summed E-state index contributed by atoms with van der Waals surface area (Å²) in [6, 6.07) is 0. The predicted molar refractivity (Wildman–Crippen MR) is 95.3 cm³/mol. The van der Waals surface area contributed by atoms with Crippen LogP contribution >= 0.6 is 0 Å². The molecule has 0 saturated carbocycles. The number of aromatic nitrogens is 2. The Morgan fingerprint density at radius 1 is 1.04 bits per heavy atom. The maximum absolute atomic E-state index is 12.5. The van der Waals surface area contributed by atoms with Crippen LogP contribution < -0.4 is 0 Å². The summed E-state index contributed by atoms with van der Waals surface area (Å²) < 4.78 is 47.9. The molecule has 0 amide bonds. The maximum Gasteiger partial charge on any atom is 0.470 e. The number of nitrogens with zero attached hydrogens (tertiary/aromatic N) is 5. The van der Waals surface area contributed by atoms with Gasteiger partial charge in [0.05, 0.1) is 19.2 Å². The number of likely N-dealkylation sites (tertiary alicyclic amines) is 1. The zero-order chi connectivity index (χ0) is 20.0. The van der Waals surface area contributed by atoms with Gasteiger partial charge in [-0.25, -0.2) is 0 Å². The van der Waals surface area contributed by atoms with Gasteiger partial charge in [-0.1, -0.05) is 11.8 Å². The van der Waals surface area contributed by atoms with Gasteiger partial charge >= 0.3 is 12.1 Å². The van der Waals surface area contributed by atoms with Crippen molar-refractivity contribution in [2.24, 2.45) is 0 Å². The van der Waals surface area contributed by atoms with E-state index < -0.39 is 12.1 Å². The minimum absolute atomic E-state index is 0.0125. The second kappa shape index (κ2) is 9.69. The molecule has 3 rings (SSSR count). The Kier molecular flexibility index (Phi) is 7.29. The molecule has 0 atom stereocenters. The molecule has 7 nitrogen and oxygen atoms in total. The highest BCUT2D eigenvalue weighted by Crippen LogP contribution is 2.28. The van der Waals surface area contributed by atoms with Gasteiger partial charge in [0, 0.05) is 39.3 Å². The number of ether oxygens (including phenoxy) is 1. The molecule has 28 heavy (non-hydrogen) atoms. The fourth-order valence-electron chi connectivity index (χ4n) is 3.24. The molecule has 0 N–H and O–H groups in total. The van der Waals surface area contributed by atoms with Crippen molar-refractivity contribution in [2.45, 2.75) is 31.7 Å². The first kappa shape index (κ1) is 21.0. The van der Waals surface area contributed by atoms with Crippen LogP contribution in [-0.2, 0) is 17.5 Å². The monoisotopic (exact) mass is 401 g/mol. The van der Waals surface area contributed by atoms with Gasteiger partial charge in [0.1, 0.15) is 6.61 Å². The number of halogens is 3. The lowest BCUT2D eigenvalue weighted by atomic mass is 10.1. The standard InChI is InChI=1S/C18H26F3N5O2/c1-24-9-11-25(12-10-24)6-2-3-13-27-15-4-7-26(8-5-15)14-16-22-23-17(28-16)18(19,20)21/h15H,4-14H2,1H3. The van der Waals surface area contributed by atoms with Crippen molar-refractivity contribution in [3.05, 3.63) is 11.8 Å². The van der Waals surface area contributed by atoms with E-state index in [0.717, 1.165) is 45.6 Å². The van der Waals surface area contributed by atoms with E-state index in [-0.39, 0.29) is 18.5 Å². The topological polar surface area (TPSA) is 57.9 Å². The van der Waals surface area contributed by atoms with Crippen molar-refractivity contribution < 1.29 is 22.3 Å². The van der Waals surface area contributed by atoms with Crippen LogP contribution in [0, 0.1) is 11.8 Å². The highest BCUT2D eigenvalue weighted by Gasteiger charge is 2.38. The molecule has 0 aromatic carbocycles. The van der Waals surface area contributed by atoms with Crippen LogP contribution in [0.2, 0.25) is 0 Å². The van der Waals surface area contributed by atoms with E-state index in [0.29, 0.717) is 19.7 Å². The Bertz CT molecular complexity index is 669. The summed E-state index contributed by atoms with van der Waals surface area (Å²) in [5, 5.41) is 6.52. The fraction of sp³-hybridized carbons (Fsp3) is 0.778. The molecule has 0 radical (unpaired) electrons. The molecule has 0 unspecified atom stereocenters. The Balaban J connectivity index is 1.30. The summed E-state index contributed by atoms with van der Waals surface area (Å²) in [6.07, 6.45) is -2.86. The van der Waals surface area contributed by atoms with Crippen LogP contribution in [0.4, 0.5) is 13.2 Å². The number of piperidine rings is 1. The van der Waals surface area contributed by atoms with Gasteiger partial charge in [0.25, 0.3) is 0 Å². The second-order valence-electron chi connectivity index (χ2n) is 7.22. The number of hydrogen-bond donors (Lipinski definition) is 0. The summed E-state index contributed by atoms with van der Waals surface area (Å²) in [7, 11) is 2.13. The van der Waals surface area contributed by atoms with Gasteiger partial charge in [0.2, 0.25) is 5.89 Å². The Hall–Kier alpha value is -1.67. The van der Waals surface area contributed by atoms with Crippen molar-refractivity contribution in [1.29, 1.82) is 0 Å². The largest absolute Gasteiger partial charge is 0.470 e. The molecule has 2 fully saturated rings. The van der Waals surface area contributed by atoms with E-state index in [1.54, 1.807) is 0 Å². The smallest absolute Gasteiger partial charge is 0.416 e. The van der Waals surface area contributed by atoms with E-state index in [1.165, 1.54) is 0 Å². The number of hydrogen-bond acceptors (Lipinski definition) is 7. The third-order valence-electron chi connectivity index (χ3n) is 5.02. The molecule has 10 heteroatoms. The first-order valence-electron chi connectivity index (χ1n) is 9.50. The summed E-state index contributed by atoms with van der Waals surface area (Å²) >= 11 is 0. The molecule has 1 aromatic heterocycles. The van der Waals surface area contributed by atoms with Crippen LogP contribution in [0.15, 0.2) is 4.42 Å². The first-order valence-corrected chi connectivity index (χ1v) is 9.50. The van der Waals surface area contributed by atoms with Gasteiger partial charge in [-0.3, -0.25) is 9.80 Å². The average molecular weight is 401 g/mol. The van der Waals surface area contributed by atoms with Gasteiger partial charge in [-0.15, -0.1) is 10.2 Å². The second-order valence-corrected chi connectivity index (χ2v) is 7.22. The van der Waals surface area contributed by atoms with Crippen molar-refractivity contribution in [2.75, 3.05) is 59.5 Å². The fourth-order valence-corrected chi connectivity index (χ4v) is 3.24. The molecule has 1 aromatic rings. The summed E-state index contributed by atoms with van der Waals surface area (Å²) in [4.78, 5) is 6.65. The molecule has 0 bridgehead atoms. The highest BCUT2D eigenvalue weighted by atomic mass is 19.4. The summed E-state index contributed by atoms with van der Waals surface area (Å²) in [6.45, 7) is 7.10. The molecule has 3 heterocycles. The highest BCUT2D eigenvalue weighted by molar-refractivity contribution is 5.02. The van der Waals surface area contributed by atoms with Gasteiger partial charge in [0.15, 0.2) is 0 Å². The minimum Gasteiger partial charge on any atom is -0.416 e. The third kappa shape index (κ3) is 6.44. The van der Waals surface area contributed by atoms with E-state index in [1.807, 2.05) is 4.90 Å². The Morgan fingerprint density at radius 2 is 1.75 bits per heavy atom. The van der Waals surface area contributed by atoms with Crippen LogP contribution in [0.5, 0.6) is 0 Å². The van der Waals surface area contributed by atoms with Crippen molar-refractivity contribution >= 4 is 0 Å². The Labute approximate surface area is 162 Å². The third-order valence-corrected chi connectivity index (χ3v) is 5.02. The van der Waals surface area contributed by atoms with Crippen LogP contribution in [0.3, 0.4) is 0 Å². The van der Waals surface area contributed by atoms with Crippen LogP contribution in [0.25, 0.3) is 0 Å². The SMILES string of the molecule is CN1CCN(CC#CCOC2CCN(Cc3nnc(C(F)(F)F)o3)CC2)CC1. The minimum atomic E-state index is -4.60. The number of likely N-dealkylation sites (N-methyl/N-ethyl adjacent to an activating group) is 1. The van der Waals surface area contributed by atoms with Gasteiger partial charge in [-0.05, 0) is 19.9 Å². The lowest BCUT2D eigenvalue weighted by molar-refractivity contribution is -0.157. The molecule has 2 aliphatic heterocycles. The number of alkyl halides is 3. The molecule has 2 saturated heterocycles. The van der Waals surface area contributed by atoms with E-state index in [2.05, 4.69) is 43.3 Å². The molecule has 0 spiro atoms. The number of rotatable bonds is 5. The van der Waals surface area contributed by atoms with E-state index in [4.69, 9.17) is 4.74 Å². The zero-order valence-electron chi connectivity index (χ0n) is 16.0. The lowest BCUT2D eigenvalue weighted by Gasteiger charge is -2.31. The predicted octanol–water partition coefficient (Wildman–Crippen LogP) is 1.32. The van der Waals surface area contributed by atoms with Crippen molar-refractivity contribution in [3.63, 3.8) is 0 Å². The van der Waals surface area contributed by atoms with Crippen LogP contribution in [-0.4, -0.2) is 90.5 Å². The zero-order valence-corrected chi connectivity index (χ0v) is 16.0. The van der Waals surface area contributed by atoms with Gasteiger partial charge in [-0.2, -0.15) is 13.2 Å². The summed E-state index contributed by atoms with van der Waals surface area (Å²) in [5.41, 5.74) is 0. The van der Waals surface area contributed by atoms with E-state index in [9.17, 15) is 13.2 Å². The molecular formula is C18H26F3N5O2. The van der Waals surface area contributed by atoms with Crippen molar-refractivity contribution in [3.8, 4) is 11.8 Å². The molecular weight excluding hydrogens is 375 g/mol. The van der Waals surface area contributed by atoms with E-state index >= 15 is 0 Å². The average Bonchev–Trinajstić information content (AvgIpc) is 3.13. The maximum atomic E-state index is 12.5. The summed E-state index contributed by atoms with van der Waals surface area (Å²) in [5.74, 6) is 4.94.